The van der Waals surface area contributed by atoms with E-state index in [9.17, 15) is 20.1 Å². The molecule has 4 heterocycles. The maximum absolute atomic E-state index is 13.5. The number of fused-ring (bicyclic) bond motifs is 4. The second-order valence-corrected chi connectivity index (χ2v) is 10.9. The second kappa shape index (κ2) is 10.4. The number of phenols is 1. The summed E-state index contributed by atoms with van der Waals surface area (Å²) in [6, 6.07) is 6.27. The average Bonchev–Trinajstić information content (AvgIpc) is 3.61. The van der Waals surface area contributed by atoms with Crippen molar-refractivity contribution < 1.29 is 66.9 Å². The average molecular weight is 592 g/mol. The van der Waals surface area contributed by atoms with E-state index in [1.807, 2.05) is 0 Å². The van der Waals surface area contributed by atoms with Crippen LogP contribution in [0.3, 0.4) is 0 Å². The fourth-order valence-corrected chi connectivity index (χ4v) is 6.66. The van der Waals surface area contributed by atoms with Crippen LogP contribution in [0, 0.1) is 11.8 Å². The molecule has 3 fully saturated rings. The van der Waals surface area contributed by atoms with Gasteiger partial charge in [-0.05, 0) is 47.9 Å². The normalized spacial score (nSPS) is 37.8. The SMILES string of the molecule is [2H]C([2H])([2H])Oc1cc([C@@H]2c3cc4c(cc3[C@@H](O[C@@H]3O[C@@H]5CO[C@@H](C)O[C@H]5[C@H](O)[C@@H]3O)[C@H]3COC(=O)[C@H]23)OCO4)cc(OC)c1O. The number of esters is 1. The number of carbonyl (C=O) groups is 1. The van der Waals surface area contributed by atoms with Gasteiger partial charge in [0.15, 0.2) is 35.6 Å². The molecule has 0 aromatic heterocycles. The lowest BCUT2D eigenvalue weighted by molar-refractivity contribution is -0.364. The largest absolute Gasteiger partial charge is 0.502 e. The van der Waals surface area contributed by atoms with Gasteiger partial charge in [0, 0.05) is 11.8 Å². The van der Waals surface area contributed by atoms with E-state index in [2.05, 4.69) is 0 Å². The van der Waals surface area contributed by atoms with Gasteiger partial charge in [-0.25, -0.2) is 0 Å². The number of benzene rings is 2. The number of hydrogen-bond acceptors (Lipinski definition) is 13. The van der Waals surface area contributed by atoms with Crippen LogP contribution in [0.25, 0.3) is 0 Å². The molecular weight excluding hydrogens is 556 g/mol. The molecule has 13 nitrogen and oxygen atoms in total. The Morgan fingerprint density at radius 1 is 0.952 bits per heavy atom. The topological polar surface area (TPSA) is 161 Å². The third-order valence-electron chi connectivity index (χ3n) is 8.64. The van der Waals surface area contributed by atoms with Crippen LogP contribution in [0.4, 0.5) is 0 Å². The van der Waals surface area contributed by atoms with Crippen LogP contribution in [-0.2, 0) is 28.5 Å². The van der Waals surface area contributed by atoms with E-state index in [0.29, 0.717) is 28.2 Å². The van der Waals surface area contributed by atoms with Crippen molar-refractivity contribution in [2.75, 3.05) is 34.2 Å². The van der Waals surface area contributed by atoms with Crippen LogP contribution < -0.4 is 18.9 Å². The lowest BCUT2D eigenvalue weighted by Gasteiger charge is -2.47. The molecule has 226 valence electrons. The molecule has 3 saturated heterocycles. The molecule has 2 aromatic carbocycles. The molecule has 0 bridgehead atoms. The smallest absolute Gasteiger partial charge is 0.310 e. The van der Waals surface area contributed by atoms with Crippen LogP contribution >= 0.6 is 0 Å². The molecule has 0 amide bonds. The van der Waals surface area contributed by atoms with E-state index in [0.717, 1.165) is 0 Å². The van der Waals surface area contributed by atoms with Crippen LogP contribution in [0.2, 0.25) is 0 Å². The number of hydrogen-bond donors (Lipinski definition) is 3. The van der Waals surface area contributed by atoms with Crippen molar-refractivity contribution in [1.29, 1.82) is 0 Å². The predicted molar refractivity (Wildman–Crippen MR) is 138 cm³/mol. The highest BCUT2D eigenvalue weighted by molar-refractivity contribution is 5.79. The summed E-state index contributed by atoms with van der Waals surface area (Å²) in [6.45, 7) is 1.70. The zero-order chi connectivity index (χ0) is 31.8. The Kier molecular flexibility index (Phi) is 6.00. The summed E-state index contributed by atoms with van der Waals surface area (Å²) < 4.78 is 73.7. The molecule has 10 atom stereocenters. The molecule has 5 aliphatic rings. The van der Waals surface area contributed by atoms with Crippen molar-refractivity contribution in [1.82, 2.24) is 0 Å². The molecule has 0 unspecified atom stereocenters. The van der Waals surface area contributed by atoms with Gasteiger partial charge in [0.05, 0.1) is 43.5 Å². The Labute approximate surface area is 244 Å². The number of ether oxygens (including phenoxy) is 9. The Morgan fingerprint density at radius 2 is 1.69 bits per heavy atom. The molecule has 7 rings (SSSR count). The number of carbonyl (C=O) groups excluding carboxylic acids is 1. The van der Waals surface area contributed by atoms with Crippen molar-refractivity contribution in [2.45, 2.75) is 55.9 Å². The maximum Gasteiger partial charge on any atom is 0.310 e. The monoisotopic (exact) mass is 591 g/mol. The fraction of sp³-hybridized carbons (Fsp3) is 0.552. The molecule has 3 N–H and O–H groups in total. The molecule has 0 saturated carbocycles. The number of aliphatic hydroxyl groups excluding tert-OH is 2. The van der Waals surface area contributed by atoms with Gasteiger partial charge in [-0.2, -0.15) is 0 Å². The Bertz CT molecular complexity index is 1480. The van der Waals surface area contributed by atoms with Gasteiger partial charge in [0.2, 0.25) is 12.5 Å². The quantitative estimate of drug-likeness (QED) is 0.428. The first kappa shape index (κ1) is 24.1. The highest BCUT2D eigenvalue weighted by atomic mass is 16.8. The van der Waals surface area contributed by atoms with Gasteiger partial charge in [0.1, 0.15) is 24.4 Å². The molecule has 13 heteroatoms. The molecule has 4 aliphatic heterocycles. The highest BCUT2D eigenvalue weighted by Gasteiger charge is 2.56. The predicted octanol–water partition coefficient (Wildman–Crippen LogP) is 1.34. The van der Waals surface area contributed by atoms with E-state index < -0.39 is 79.6 Å². The van der Waals surface area contributed by atoms with Gasteiger partial charge < -0.3 is 58.0 Å². The lowest BCUT2D eigenvalue weighted by Crippen LogP contribution is -2.63. The van der Waals surface area contributed by atoms with Crippen molar-refractivity contribution in [3.63, 3.8) is 0 Å². The van der Waals surface area contributed by atoms with Gasteiger partial charge in [0.25, 0.3) is 0 Å². The number of cyclic esters (lactones) is 1. The molecule has 0 radical (unpaired) electrons. The minimum Gasteiger partial charge on any atom is -0.502 e. The van der Waals surface area contributed by atoms with Crippen LogP contribution in [0.15, 0.2) is 24.3 Å². The first-order chi connectivity index (χ1) is 21.4. The summed E-state index contributed by atoms with van der Waals surface area (Å²) in [4.78, 5) is 13.5. The maximum atomic E-state index is 13.5. The number of methoxy groups -OCH3 is 2. The molecule has 42 heavy (non-hydrogen) atoms. The van der Waals surface area contributed by atoms with Crippen LogP contribution in [-0.4, -0.2) is 92.4 Å². The van der Waals surface area contributed by atoms with Gasteiger partial charge >= 0.3 is 5.97 Å². The van der Waals surface area contributed by atoms with Crippen molar-refractivity contribution in [3.8, 4) is 28.7 Å². The van der Waals surface area contributed by atoms with Crippen LogP contribution in [0.5, 0.6) is 28.7 Å². The van der Waals surface area contributed by atoms with E-state index in [4.69, 9.17) is 46.7 Å². The summed E-state index contributed by atoms with van der Waals surface area (Å²) in [6.07, 6.45) is -7.21. The Balaban J connectivity index is 1.32. The summed E-state index contributed by atoms with van der Waals surface area (Å²) in [5, 5.41) is 32.7. The molecule has 1 aliphatic carbocycles. The number of phenolic OH excluding ortho intramolecular Hbond substituents is 1. The van der Waals surface area contributed by atoms with Crippen molar-refractivity contribution in [3.05, 3.63) is 41.0 Å². The third-order valence-corrected chi connectivity index (χ3v) is 8.64. The third kappa shape index (κ3) is 4.26. The number of aromatic hydroxyl groups is 1. The highest BCUT2D eigenvalue weighted by Crippen LogP contribution is 2.57. The zero-order valence-electron chi connectivity index (χ0n) is 25.6. The minimum absolute atomic E-state index is 0.0367. The first-order valence-electron chi connectivity index (χ1n) is 15.1. The van der Waals surface area contributed by atoms with E-state index in [1.165, 1.54) is 19.2 Å². The molecular formula is C29H32O13. The summed E-state index contributed by atoms with van der Waals surface area (Å²) in [5.41, 5.74) is 1.51. The van der Waals surface area contributed by atoms with E-state index in [-0.39, 0.29) is 31.5 Å². The zero-order valence-corrected chi connectivity index (χ0v) is 22.6. The lowest BCUT2D eigenvalue weighted by atomic mass is 9.66. The summed E-state index contributed by atoms with van der Waals surface area (Å²) >= 11 is 0. The number of aliphatic hydroxyl groups is 2. The van der Waals surface area contributed by atoms with Crippen LogP contribution in [0.1, 0.15) is 39.7 Å². The molecule has 2 aromatic rings. The van der Waals surface area contributed by atoms with E-state index in [1.54, 1.807) is 19.1 Å². The summed E-state index contributed by atoms with van der Waals surface area (Å²) in [7, 11) is -1.58. The van der Waals surface area contributed by atoms with Gasteiger partial charge in [-0.3, -0.25) is 4.79 Å². The Morgan fingerprint density at radius 3 is 2.43 bits per heavy atom. The fourth-order valence-electron chi connectivity index (χ4n) is 6.66. The number of rotatable bonds is 5. The van der Waals surface area contributed by atoms with Crippen molar-refractivity contribution >= 4 is 5.97 Å². The standard InChI is InChI=1S/C29H32O13/c1-11-36-9-20-27(40-11)24(31)25(32)29(41-20)42-26-14-7-17-16(38-10-39-17)6-13(14)21(22-15(26)8-37-28(22)33)12-4-18(34-2)23(30)19(5-12)35-3/h4-7,11,15,20-22,24-27,29-32H,8-10H2,1-3H3/t11-,15+,20-,21-,22+,24-,25+,26-,27-,29+/m1/s1/i2D3. The van der Waals surface area contributed by atoms with E-state index >= 15 is 0 Å². The van der Waals surface area contributed by atoms with Gasteiger partial charge in [-0.1, -0.05) is 0 Å². The molecule has 0 spiro atoms. The first-order valence-corrected chi connectivity index (χ1v) is 13.6. The Hall–Kier alpha value is -3.33. The minimum atomic E-state index is -2.89. The second-order valence-electron chi connectivity index (χ2n) is 10.9. The van der Waals surface area contributed by atoms with Crippen molar-refractivity contribution in [2.24, 2.45) is 11.8 Å². The summed E-state index contributed by atoms with van der Waals surface area (Å²) in [5.74, 6) is -2.93. The van der Waals surface area contributed by atoms with Gasteiger partial charge in [-0.15, -0.1) is 0 Å².